The van der Waals surface area contributed by atoms with Crippen molar-refractivity contribution in [3.63, 3.8) is 0 Å². The normalized spacial score (nSPS) is 12.0. The van der Waals surface area contributed by atoms with E-state index in [9.17, 15) is 4.79 Å². The maximum Gasteiger partial charge on any atom is 0.313 e. The van der Waals surface area contributed by atoms with Crippen LogP contribution >= 0.6 is 23.4 Å². The van der Waals surface area contributed by atoms with Gasteiger partial charge in [-0.2, -0.15) is 0 Å². The second-order valence-electron chi connectivity index (χ2n) is 5.81. The van der Waals surface area contributed by atoms with Gasteiger partial charge in [0, 0.05) is 11.6 Å². The molecule has 1 heterocycles. The first-order chi connectivity index (χ1) is 9.82. The second kappa shape index (κ2) is 6.28. The Kier molecular flexibility index (Phi) is 4.84. The molecule has 1 aromatic heterocycles. The van der Waals surface area contributed by atoms with Crippen LogP contribution in [0.3, 0.4) is 0 Å². The van der Waals surface area contributed by atoms with E-state index in [2.05, 4.69) is 30.3 Å². The van der Waals surface area contributed by atoms with E-state index in [1.54, 1.807) is 0 Å². The van der Waals surface area contributed by atoms with Crippen molar-refractivity contribution >= 4 is 40.4 Å². The van der Waals surface area contributed by atoms with Crippen molar-refractivity contribution in [2.75, 3.05) is 5.75 Å². The predicted molar refractivity (Wildman–Crippen MR) is 87.2 cm³/mol. The second-order valence-corrected chi connectivity index (χ2v) is 7.19. The van der Waals surface area contributed by atoms with E-state index in [4.69, 9.17) is 16.7 Å². The number of nitrogens with zero attached hydrogens (tertiary/aromatic N) is 2. The van der Waals surface area contributed by atoms with E-state index >= 15 is 0 Å². The molecule has 21 heavy (non-hydrogen) atoms. The summed E-state index contributed by atoms with van der Waals surface area (Å²) in [7, 11) is 0. The monoisotopic (exact) mass is 326 g/mol. The highest BCUT2D eigenvalue weighted by atomic mass is 35.5. The molecule has 0 aliphatic carbocycles. The van der Waals surface area contributed by atoms with Crippen LogP contribution in [-0.4, -0.2) is 26.4 Å². The smallest absolute Gasteiger partial charge is 0.313 e. The summed E-state index contributed by atoms with van der Waals surface area (Å²) in [6, 6.07) is 5.60. The Bertz CT molecular complexity index is 667. The first kappa shape index (κ1) is 16.2. The molecule has 0 bridgehead atoms. The maximum atomic E-state index is 10.8. The molecule has 0 saturated heterocycles. The number of hydrogen-bond donors (Lipinski definition) is 1. The zero-order valence-corrected chi connectivity index (χ0v) is 14.0. The molecule has 0 spiro atoms. The average molecular weight is 327 g/mol. The van der Waals surface area contributed by atoms with Gasteiger partial charge < -0.3 is 9.67 Å². The summed E-state index contributed by atoms with van der Waals surface area (Å²) in [5, 5.41) is 10.3. The number of rotatable bonds is 6. The first-order valence-corrected chi connectivity index (χ1v) is 8.19. The van der Waals surface area contributed by atoms with Gasteiger partial charge in [0.1, 0.15) is 0 Å². The van der Waals surface area contributed by atoms with Crippen LogP contribution < -0.4 is 0 Å². The van der Waals surface area contributed by atoms with E-state index in [-0.39, 0.29) is 11.2 Å². The van der Waals surface area contributed by atoms with Crippen LogP contribution in [0.5, 0.6) is 0 Å². The van der Waals surface area contributed by atoms with Crippen molar-refractivity contribution in [1.82, 2.24) is 9.55 Å². The van der Waals surface area contributed by atoms with Crippen LogP contribution in [0.1, 0.15) is 27.2 Å². The summed E-state index contributed by atoms with van der Waals surface area (Å²) in [6.07, 6.45) is 1.03. The Morgan fingerprint density at radius 1 is 1.48 bits per heavy atom. The molecule has 0 saturated carbocycles. The van der Waals surface area contributed by atoms with Crippen LogP contribution in [0.4, 0.5) is 0 Å². The molecule has 4 nitrogen and oxygen atoms in total. The van der Waals surface area contributed by atoms with Crippen LogP contribution in [-0.2, 0) is 11.3 Å². The summed E-state index contributed by atoms with van der Waals surface area (Å²) in [6.45, 7) is 7.34. The van der Waals surface area contributed by atoms with Gasteiger partial charge in [0.05, 0.1) is 16.8 Å². The third-order valence-electron chi connectivity index (χ3n) is 3.54. The van der Waals surface area contributed by atoms with Crippen LogP contribution in [0.15, 0.2) is 23.4 Å². The molecule has 2 rings (SSSR count). The van der Waals surface area contributed by atoms with Gasteiger partial charge in [-0.25, -0.2) is 4.98 Å². The number of aromatic nitrogens is 2. The average Bonchev–Trinajstić information content (AvgIpc) is 2.73. The predicted octanol–water partition coefficient (Wildman–Crippen LogP) is 4.30. The fourth-order valence-corrected chi connectivity index (χ4v) is 2.91. The Balaban J connectivity index is 2.46. The minimum atomic E-state index is -0.841. The van der Waals surface area contributed by atoms with Crippen LogP contribution in [0.2, 0.25) is 5.02 Å². The minimum absolute atomic E-state index is 0.00358. The van der Waals surface area contributed by atoms with E-state index in [1.807, 2.05) is 18.2 Å². The fraction of sp³-hybridized carbons (Fsp3) is 0.467. The number of carbonyl (C=O) groups is 1. The van der Waals surface area contributed by atoms with Crippen molar-refractivity contribution in [3.05, 3.63) is 23.2 Å². The Hall–Kier alpha value is -1.20. The number of fused-ring (bicyclic) bond motifs is 1. The molecule has 0 aliphatic heterocycles. The summed E-state index contributed by atoms with van der Waals surface area (Å²) in [4.78, 5) is 15.4. The molecular formula is C15H19ClN2O2S. The number of imidazole rings is 1. The van der Waals surface area contributed by atoms with Gasteiger partial charge >= 0.3 is 5.97 Å². The minimum Gasteiger partial charge on any atom is -0.481 e. The highest BCUT2D eigenvalue weighted by Crippen LogP contribution is 2.31. The van der Waals surface area contributed by atoms with Gasteiger partial charge in [-0.05, 0) is 30.0 Å². The fourth-order valence-electron chi connectivity index (χ4n) is 2.01. The number of hydrogen-bond acceptors (Lipinski definition) is 3. The lowest BCUT2D eigenvalue weighted by atomic mass is 9.90. The molecule has 0 aliphatic rings. The quantitative estimate of drug-likeness (QED) is 0.804. The SMILES string of the molecule is CCC(C)(C)Cn1c(SCC(=O)O)nc2cc(Cl)ccc21. The van der Waals surface area contributed by atoms with Crippen molar-refractivity contribution in [2.24, 2.45) is 5.41 Å². The van der Waals surface area contributed by atoms with E-state index in [0.717, 1.165) is 29.2 Å². The third-order valence-corrected chi connectivity index (χ3v) is 4.74. The van der Waals surface area contributed by atoms with Crippen LogP contribution in [0.25, 0.3) is 11.0 Å². The molecule has 2 aromatic rings. The number of halogens is 1. The molecule has 1 N–H and O–H groups in total. The zero-order valence-electron chi connectivity index (χ0n) is 12.4. The van der Waals surface area contributed by atoms with Crippen molar-refractivity contribution in [2.45, 2.75) is 38.9 Å². The molecule has 1 aromatic carbocycles. The Morgan fingerprint density at radius 3 is 2.81 bits per heavy atom. The standard InChI is InChI=1S/C15H19ClN2O2S/c1-4-15(2,3)9-18-12-6-5-10(16)7-11(12)17-14(18)21-8-13(19)20/h5-7H,4,8-9H2,1-3H3,(H,19,20). The molecular weight excluding hydrogens is 308 g/mol. The number of carboxylic acids is 1. The number of thioether (sulfide) groups is 1. The van der Waals surface area contributed by atoms with Crippen molar-refractivity contribution in [3.8, 4) is 0 Å². The molecule has 0 amide bonds. The molecule has 6 heteroatoms. The summed E-state index contributed by atoms with van der Waals surface area (Å²) in [5.41, 5.74) is 1.92. The zero-order chi connectivity index (χ0) is 15.6. The Morgan fingerprint density at radius 2 is 2.19 bits per heavy atom. The number of benzene rings is 1. The third kappa shape index (κ3) is 3.92. The Labute approximate surface area is 133 Å². The largest absolute Gasteiger partial charge is 0.481 e. The van der Waals surface area contributed by atoms with Gasteiger partial charge in [-0.3, -0.25) is 4.79 Å². The highest BCUT2D eigenvalue weighted by molar-refractivity contribution is 7.99. The lowest BCUT2D eigenvalue weighted by Crippen LogP contribution is -2.19. The van der Waals surface area contributed by atoms with Crippen molar-refractivity contribution in [1.29, 1.82) is 0 Å². The van der Waals surface area contributed by atoms with E-state index < -0.39 is 5.97 Å². The van der Waals surface area contributed by atoms with Crippen molar-refractivity contribution < 1.29 is 9.90 Å². The number of carboxylic acid groups (broad SMARTS) is 1. The molecule has 0 unspecified atom stereocenters. The van der Waals surface area contributed by atoms with Crippen LogP contribution in [0, 0.1) is 5.41 Å². The molecule has 0 radical (unpaired) electrons. The molecule has 114 valence electrons. The summed E-state index contributed by atoms with van der Waals surface area (Å²) >= 11 is 7.27. The first-order valence-electron chi connectivity index (χ1n) is 6.83. The maximum absolute atomic E-state index is 10.8. The van der Waals surface area contributed by atoms with E-state index in [0.29, 0.717) is 5.02 Å². The number of aliphatic carboxylic acids is 1. The van der Waals surface area contributed by atoms with Gasteiger partial charge in [-0.1, -0.05) is 44.1 Å². The lowest BCUT2D eigenvalue weighted by Gasteiger charge is -2.24. The topological polar surface area (TPSA) is 55.1 Å². The van der Waals surface area contributed by atoms with Gasteiger partial charge in [0.15, 0.2) is 5.16 Å². The lowest BCUT2D eigenvalue weighted by molar-refractivity contribution is -0.133. The molecule has 0 fully saturated rings. The van der Waals surface area contributed by atoms with Gasteiger partial charge in [0.2, 0.25) is 0 Å². The van der Waals surface area contributed by atoms with Gasteiger partial charge in [0.25, 0.3) is 0 Å². The van der Waals surface area contributed by atoms with E-state index in [1.165, 1.54) is 11.8 Å². The molecule has 0 atom stereocenters. The highest BCUT2D eigenvalue weighted by Gasteiger charge is 2.21. The summed E-state index contributed by atoms with van der Waals surface area (Å²) in [5.74, 6) is -0.838. The summed E-state index contributed by atoms with van der Waals surface area (Å²) < 4.78 is 2.10. The van der Waals surface area contributed by atoms with Gasteiger partial charge in [-0.15, -0.1) is 0 Å².